The number of ether oxygens (including phenoxy) is 3. The minimum absolute atomic E-state index is 0.347. The number of unbranched alkanes of at least 4 members (excludes halogenated alkanes) is 3. The Morgan fingerprint density at radius 1 is 0.909 bits per heavy atom. The SMILES string of the molecule is CCCCCCOC(=O)/C=C/C(=O)OCCC(C)CCOC. The van der Waals surface area contributed by atoms with Gasteiger partial charge in [-0.1, -0.05) is 33.1 Å². The van der Waals surface area contributed by atoms with E-state index in [-0.39, 0.29) is 0 Å². The Balaban J connectivity index is 3.66. The maximum atomic E-state index is 11.4. The van der Waals surface area contributed by atoms with Crippen LogP contribution in [0.15, 0.2) is 12.2 Å². The molecule has 0 bridgehead atoms. The lowest BCUT2D eigenvalue weighted by atomic mass is 10.1. The Bertz CT molecular complexity index is 325. The highest BCUT2D eigenvalue weighted by Crippen LogP contribution is 2.07. The van der Waals surface area contributed by atoms with Gasteiger partial charge >= 0.3 is 11.9 Å². The quantitative estimate of drug-likeness (QED) is 0.296. The number of carbonyl (C=O) groups excluding carboxylic acids is 2. The van der Waals surface area contributed by atoms with Crippen molar-refractivity contribution in [3.8, 4) is 0 Å². The highest BCUT2D eigenvalue weighted by atomic mass is 16.5. The van der Waals surface area contributed by atoms with Crippen LogP contribution in [-0.4, -0.2) is 38.9 Å². The first kappa shape index (κ1) is 20.6. The van der Waals surface area contributed by atoms with E-state index in [1.807, 2.05) is 0 Å². The number of carbonyl (C=O) groups is 2. The van der Waals surface area contributed by atoms with Crippen molar-refractivity contribution in [1.82, 2.24) is 0 Å². The number of hydrogen-bond acceptors (Lipinski definition) is 5. The number of methoxy groups -OCH3 is 1. The average molecular weight is 314 g/mol. The van der Waals surface area contributed by atoms with Crippen LogP contribution < -0.4 is 0 Å². The molecule has 1 atom stereocenters. The summed E-state index contributed by atoms with van der Waals surface area (Å²) < 4.78 is 15.0. The van der Waals surface area contributed by atoms with Gasteiger partial charge in [0.05, 0.1) is 13.2 Å². The van der Waals surface area contributed by atoms with E-state index in [9.17, 15) is 9.59 Å². The van der Waals surface area contributed by atoms with Crippen LogP contribution in [0.4, 0.5) is 0 Å². The number of hydrogen-bond donors (Lipinski definition) is 0. The molecule has 128 valence electrons. The first-order chi connectivity index (χ1) is 10.6. The molecule has 0 aromatic carbocycles. The van der Waals surface area contributed by atoms with Crippen molar-refractivity contribution in [1.29, 1.82) is 0 Å². The van der Waals surface area contributed by atoms with E-state index in [1.165, 1.54) is 0 Å². The maximum Gasteiger partial charge on any atom is 0.331 e. The molecule has 0 aliphatic rings. The predicted octanol–water partition coefficient (Wildman–Crippen LogP) is 3.27. The van der Waals surface area contributed by atoms with Crippen LogP contribution in [0.5, 0.6) is 0 Å². The molecule has 0 amide bonds. The van der Waals surface area contributed by atoms with Gasteiger partial charge in [0, 0.05) is 25.9 Å². The van der Waals surface area contributed by atoms with Crippen LogP contribution in [0.2, 0.25) is 0 Å². The van der Waals surface area contributed by atoms with Crippen LogP contribution >= 0.6 is 0 Å². The normalized spacial score (nSPS) is 12.3. The lowest BCUT2D eigenvalue weighted by Gasteiger charge is -2.09. The zero-order valence-corrected chi connectivity index (χ0v) is 14.1. The van der Waals surface area contributed by atoms with E-state index >= 15 is 0 Å². The van der Waals surface area contributed by atoms with Crippen molar-refractivity contribution in [3.63, 3.8) is 0 Å². The Hall–Kier alpha value is -1.36. The monoisotopic (exact) mass is 314 g/mol. The molecule has 0 radical (unpaired) electrons. The van der Waals surface area contributed by atoms with Crippen molar-refractivity contribution in [2.75, 3.05) is 26.9 Å². The molecule has 0 rings (SSSR count). The van der Waals surface area contributed by atoms with Gasteiger partial charge in [-0.2, -0.15) is 0 Å². The second kappa shape index (κ2) is 14.6. The molecule has 0 spiro atoms. The summed E-state index contributed by atoms with van der Waals surface area (Å²) in [5.74, 6) is -0.575. The molecular formula is C17H30O5. The third-order valence-corrected chi connectivity index (χ3v) is 3.27. The molecular weight excluding hydrogens is 284 g/mol. The molecule has 0 aromatic rings. The standard InChI is InChI=1S/C17H30O5/c1-4-5-6-7-12-21-16(18)8-9-17(19)22-14-11-15(2)10-13-20-3/h8-9,15H,4-7,10-14H2,1-3H3/b9-8+. The molecule has 0 saturated heterocycles. The van der Waals surface area contributed by atoms with Crippen molar-refractivity contribution in [3.05, 3.63) is 12.2 Å². The molecule has 0 fully saturated rings. The molecule has 0 saturated carbocycles. The molecule has 5 nitrogen and oxygen atoms in total. The summed E-state index contributed by atoms with van der Waals surface area (Å²) in [6.07, 6.45) is 8.16. The van der Waals surface area contributed by atoms with E-state index in [1.54, 1.807) is 7.11 Å². The lowest BCUT2D eigenvalue weighted by Crippen LogP contribution is -2.09. The number of esters is 2. The summed E-state index contributed by atoms with van der Waals surface area (Å²) in [7, 11) is 1.67. The van der Waals surface area contributed by atoms with E-state index in [4.69, 9.17) is 14.2 Å². The third kappa shape index (κ3) is 13.6. The van der Waals surface area contributed by atoms with Gasteiger partial charge in [-0.3, -0.25) is 0 Å². The second-order valence-corrected chi connectivity index (χ2v) is 5.40. The highest BCUT2D eigenvalue weighted by molar-refractivity contribution is 5.91. The summed E-state index contributed by atoms with van der Waals surface area (Å²) in [5.41, 5.74) is 0. The highest BCUT2D eigenvalue weighted by Gasteiger charge is 2.05. The van der Waals surface area contributed by atoms with Crippen LogP contribution in [-0.2, 0) is 23.8 Å². The van der Waals surface area contributed by atoms with Crippen molar-refractivity contribution < 1.29 is 23.8 Å². The van der Waals surface area contributed by atoms with Crippen molar-refractivity contribution in [2.45, 2.75) is 52.4 Å². The van der Waals surface area contributed by atoms with E-state index in [0.717, 1.165) is 50.7 Å². The summed E-state index contributed by atoms with van der Waals surface area (Å²) in [5, 5.41) is 0. The molecule has 0 aliphatic heterocycles. The van der Waals surface area contributed by atoms with Gasteiger partial charge in [-0.15, -0.1) is 0 Å². The fraction of sp³-hybridized carbons (Fsp3) is 0.765. The smallest absolute Gasteiger partial charge is 0.331 e. The van der Waals surface area contributed by atoms with Gasteiger partial charge in [-0.05, 0) is 25.2 Å². The summed E-state index contributed by atoms with van der Waals surface area (Å²) in [4.78, 5) is 22.8. The van der Waals surface area contributed by atoms with Crippen LogP contribution in [0.1, 0.15) is 52.4 Å². The topological polar surface area (TPSA) is 61.8 Å². The zero-order valence-electron chi connectivity index (χ0n) is 14.1. The van der Waals surface area contributed by atoms with E-state index in [2.05, 4.69) is 13.8 Å². The second-order valence-electron chi connectivity index (χ2n) is 5.40. The molecule has 0 aliphatic carbocycles. The summed E-state index contributed by atoms with van der Waals surface area (Å²) in [6, 6.07) is 0. The van der Waals surface area contributed by atoms with Crippen molar-refractivity contribution in [2.24, 2.45) is 5.92 Å². The molecule has 0 heterocycles. The zero-order chi connectivity index (χ0) is 16.6. The van der Waals surface area contributed by atoms with Gasteiger partial charge < -0.3 is 14.2 Å². The Morgan fingerprint density at radius 2 is 1.50 bits per heavy atom. The third-order valence-electron chi connectivity index (χ3n) is 3.27. The van der Waals surface area contributed by atoms with Gasteiger partial charge in [0.1, 0.15) is 0 Å². The van der Waals surface area contributed by atoms with Gasteiger partial charge in [0.25, 0.3) is 0 Å². The summed E-state index contributed by atoms with van der Waals surface area (Å²) >= 11 is 0. The Kier molecular flexibility index (Phi) is 13.7. The Labute approximate surface area is 134 Å². The molecule has 22 heavy (non-hydrogen) atoms. The van der Waals surface area contributed by atoms with Gasteiger partial charge in [0.2, 0.25) is 0 Å². The van der Waals surface area contributed by atoms with Crippen LogP contribution in [0, 0.1) is 5.92 Å². The van der Waals surface area contributed by atoms with E-state index < -0.39 is 11.9 Å². The fourth-order valence-corrected chi connectivity index (χ4v) is 1.76. The molecule has 0 aromatic heterocycles. The maximum absolute atomic E-state index is 11.4. The van der Waals surface area contributed by atoms with Crippen molar-refractivity contribution >= 4 is 11.9 Å². The first-order valence-corrected chi connectivity index (χ1v) is 8.10. The molecule has 5 heteroatoms. The summed E-state index contributed by atoms with van der Waals surface area (Å²) in [6.45, 7) is 5.66. The first-order valence-electron chi connectivity index (χ1n) is 8.10. The largest absolute Gasteiger partial charge is 0.463 e. The Morgan fingerprint density at radius 3 is 2.09 bits per heavy atom. The van der Waals surface area contributed by atoms with E-state index in [0.29, 0.717) is 25.7 Å². The average Bonchev–Trinajstić information content (AvgIpc) is 2.50. The molecule has 0 N–H and O–H groups in total. The minimum atomic E-state index is -0.512. The van der Waals surface area contributed by atoms with Gasteiger partial charge in [-0.25, -0.2) is 9.59 Å². The minimum Gasteiger partial charge on any atom is -0.463 e. The lowest BCUT2D eigenvalue weighted by molar-refractivity contribution is -0.140. The number of rotatable bonds is 13. The molecule has 1 unspecified atom stereocenters. The van der Waals surface area contributed by atoms with Gasteiger partial charge in [0.15, 0.2) is 0 Å². The van der Waals surface area contributed by atoms with Crippen LogP contribution in [0.3, 0.4) is 0 Å². The van der Waals surface area contributed by atoms with Crippen LogP contribution in [0.25, 0.3) is 0 Å². The predicted molar refractivity (Wildman–Crippen MR) is 85.5 cm³/mol. The fourth-order valence-electron chi connectivity index (χ4n) is 1.76.